The highest BCUT2D eigenvalue weighted by molar-refractivity contribution is 5.26. The molecule has 72 valence electrons. The summed E-state index contributed by atoms with van der Waals surface area (Å²) in [5, 5.41) is 18.3. The van der Waals surface area contributed by atoms with Gasteiger partial charge in [-0.15, -0.1) is 0 Å². The molecule has 0 bridgehead atoms. The summed E-state index contributed by atoms with van der Waals surface area (Å²) >= 11 is 0. The standard InChI is InChI=1S/C11H16O2/c1-8(9(2)12)7-10-3-5-11(13)6-4-10/h3-6,8-9,12-13H,7H2,1-2H3. The summed E-state index contributed by atoms with van der Waals surface area (Å²) in [6.07, 6.45) is 0.562. The quantitative estimate of drug-likeness (QED) is 0.746. The molecule has 0 heterocycles. The fourth-order valence-corrected chi connectivity index (χ4v) is 1.17. The molecule has 0 aliphatic heterocycles. The number of aromatic hydroxyl groups is 1. The number of benzene rings is 1. The molecular formula is C11H16O2. The summed E-state index contributed by atoms with van der Waals surface area (Å²) < 4.78 is 0. The molecule has 2 nitrogen and oxygen atoms in total. The van der Waals surface area contributed by atoms with E-state index in [0.717, 1.165) is 12.0 Å². The first-order chi connectivity index (χ1) is 6.09. The summed E-state index contributed by atoms with van der Waals surface area (Å²) in [7, 11) is 0. The van der Waals surface area contributed by atoms with Crippen molar-refractivity contribution in [2.24, 2.45) is 5.92 Å². The van der Waals surface area contributed by atoms with Crippen LogP contribution in [0.1, 0.15) is 19.4 Å². The van der Waals surface area contributed by atoms with E-state index in [1.807, 2.05) is 19.1 Å². The maximum Gasteiger partial charge on any atom is 0.115 e. The predicted octanol–water partition coefficient (Wildman–Crippen LogP) is 1.95. The van der Waals surface area contributed by atoms with Gasteiger partial charge >= 0.3 is 0 Å². The first-order valence-electron chi connectivity index (χ1n) is 4.55. The average molecular weight is 180 g/mol. The fourth-order valence-electron chi connectivity index (χ4n) is 1.17. The summed E-state index contributed by atoms with van der Waals surface area (Å²) in [5.41, 5.74) is 1.14. The molecule has 1 aromatic rings. The van der Waals surface area contributed by atoms with Gasteiger partial charge in [-0.3, -0.25) is 0 Å². The minimum atomic E-state index is -0.284. The Morgan fingerprint density at radius 1 is 1.15 bits per heavy atom. The fraction of sp³-hybridized carbons (Fsp3) is 0.455. The van der Waals surface area contributed by atoms with Gasteiger partial charge in [0.1, 0.15) is 5.75 Å². The topological polar surface area (TPSA) is 40.5 Å². The zero-order valence-corrected chi connectivity index (χ0v) is 8.07. The smallest absolute Gasteiger partial charge is 0.115 e. The monoisotopic (exact) mass is 180 g/mol. The van der Waals surface area contributed by atoms with E-state index in [4.69, 9.17) is 5.11 Å². The van der Waals surface area contributed by atoms with E-state index in [-0.39, 0.29) is 17.8 Å². The summed E-state index contributed by atoms with van der Waals surface area (Å²) in [6, 6.07) is 7.11. The third-order valence-electron chi connectivity index (χ3n) is 2.32. The highest BCUT2D eigenvalue weighted by Crippen LogP contribution is 2.15. The Labute approximate surface area is 78.8 Å². The van der Waals surface area contributed by atoms with Gasteiger partial charge < -0.3 is 10.2 Å². The van der Waals surface area contributed by atoms with Gasteiger partial charge in [0.05, 0.1) is 6.10 Å². The molecule has 1 aromatic carbocycles. The van der Waals surface area contributed by atoms with E-state index in [1.165, 1.54) is 0 Å². The number of aliphatic hydroxyl groups is 1. The van der Waals surface area contributed by atoms with Crippen LogP contribution < -0.4 is 0 Å². The van der Waals surface area contributed by atoms with Crippen molar-refractivity contribution < 1.29 is 10.2 Å². The van der Waals surface area contributed by atoms with E-state index in [2.05, 4.69) is 0 Å². The van der Waals surface area contributed by atoms with Crippen molar-refractivity contribution in [3.05, 3.63) is 29.8 Å². The maximum atomic E-state index is 9.29. The molecule has 1 rings (SSSR count). The number of aliphatic hydroxyl groups excluding tert-OH is 1. The van der Waals surface area contributed by atoms with Crippen LogP contribution in [0, 0.1) is 5.92 Å². The lowest BCUT2D eigenvalue weighted by Crippen LogP contribution is -2.15. The minimum absolute atomic E-state index is 0.254. The van der Waals surface area contributed by atoms with E-state index in [9.17, 15) is 5.11 Å². The zero-order valence-electron chi connectivity index (χ0n) is 8.07. The van der Waals surface area contributed by atoms with Crippen LogP contribution in [-0.4, -0.2) is 16.3 Å². The first kappa shape index (κ1) is 10.1. The number of rotatable bonds is 3. The predicted molar refractivity (Wildman–Crippen MR) is 52.7 cm³/mol. The molecule has 2 atom stereocenters. The van der Waals surface area contributed by atoms with Crippen LogP contribution in [0.4, 0.5) is 0 Å². The Kier molecular flexibility index (Phi) is 3.32. The normalized spacial score (nSPS) is 15.3. The second-order valence-electron chi connectivity index (χ2n) is 3.59. The second kappa shape index (κ2) is 4.28. The highest BCUT2D eigenvalue weighted by atomic mass is 16.3. The Hall–Kier alpha value is -1.02. The van der Waals surface area contributed by atoms with Crippen LogP contribution in [-0.2, 0) is 6.42 Å². The van der Waals surface area contributed by atoms with Crippen LogP contribution in [0.5, 0.6) is 5.75 Å². The van der Waals surface area contributed by atoms with Gasteiger partial charge in [-0.25, -0.2) is 0 Å². The Bertz CT molecular complexity index is 251. The van der Waals surface area contributed by atoms with Crippen LogP contribution in [0.3, 0.4) is 0 Å². The SMILES string of the molecule is CC(O)C(C)Cc1ccc(O)cc1. The Balaban J connectivity index is 2.59. The van der Waals surface area contributed by atoms with Crippen molar-refractivity contribution in [1.29, 1.82) is 0 Å². The van der Waals surface area contributed by atoms with Crippen molar-refractivity contribution in [1.82, 2.24) is 0 Å². The van der Waals surface area contributed by atoms with Gasteiger partial charge in [0.15, 0.2) is 0 Å². The summed E-state index contributed by atoms with van der Waals surface area (Å²) in [5.74, 6) is 0.540. The molecule has 0 amide bonds. The molecule has 2 unspecified atom stereocenters. The molecule has 2 heteroatoms. The molecular weight excluding hydrogens is 164 g/mol. The molecule has 0 radical (unpaired) electrons. The van der Waals surface area contributed by atoms with Gasteiger partial charge in [0.25, 0.3) is 0 Å². The third-order valence-corrected chi connectivity index (χ3v) is 2.32. The lowest BCUT2D eigenvalue weighted by atomic mass is 9.97. The van der Waals surface area contributed by atoms with Gasteiger partial charge in [-0.2, -0.15) is 0 Å². The molecule has 13 heavy (non-hydrogen) atoms. The van der Waals surface area contributed by atoms with E-state index < -0.39 is 0 Å². The van der Waals surface area contributed by atoms with E-state index in [1.54, 1.807) is 19.1 Å². The lowest BCUT2D eigenvalue weighted by Gasteiger charge is -2.14. The van der Waals surface area contributed by atoms with E-state index >= 15 is 0 Å². The van der Waals surface area contributed by atoms with Crippen molar-refractivity contribution in [3.63, 3.8) is 0 Å². The van der Waals surface area contributed by atoms with Crippen LogP contribution in [0.25, 0.3) is 0 Å². The highest BCUT2D eigenvalue weighted by Gasteiger charge is 2.08. The van der Waals surface area contributed by atoms with Crippen LogP contribution >= 0.6 is 0 Å². The summed E-state index contributed by atoms with van der Waals surface area (Å²) in [4.78, 5) is 0. The Morgan fingerprint density at radius 2 is 1.69 bits per heavy atom. The Morgan fingerprint density at radius 3 is 2.15 bits per heavy atom. The van der Waals surface area contributed by atoms with Crippen molar-refractivity contribution in [2.75, 3.05) is 0 Å². The number of hydrogen-bond donors (Lipinski definition) is 2. The first-order valence-corrected chi connectivity index (χ1v) is 4.55. The van der Waals surface area contributed by atoms with Crippen molar-refractivity contribution >= 4 is 0 Å². The molecule has 2 N–H and O–H groups in total. The minimum Gasteiger partial charge on any atom is -0.508 e. The number of hydrogen-bond acceptors (Lipinski definition) is 2. The number of phenolic OH excluding ortho intramolecular Hbond substituents is 1. The van der Waals surface area contributed by atoms with Gasteiger partial charge in [0.2, 0.25) is 0 Å². The van der Waals surface area contributed by atoms with Gasteiger partial charge in [0, 0.05) is 0 Å². The molecule has 0 saturated heterocycles. The second-order valence-corrected chi connectivity index (χ2v) is 3.59. The third kappa shape index (κ3) is 3.07. The molecule has 0 aliphatic carbocycles. The van der Waals surface area contributed by atoms with E-state index in [0.29, 0.717) is 0 Å². The van der Waals surface area contributed by atoms with Crippen molar-refractivity contribution in [3.8, 4) is 5.75 Å². The lowest BCUT2D eigenvalue weighted by molar-refractivity contribution is 0.135. The largest absolute Gasteiger partial charge is 0.508 e. The zero-order chi connectivity index (χ0) is 9.84. The van der Waals surface area contributed by atoms with Gasteiger partial charge in [-0.1, -0.05) is 19.1 Å². The summed E-state index contributed by atoms with van der Waals surface area (Å²) in [6.45, 7) is 3.81. The van der Waals surface area contributed by atoms with Crippen molar-refractivity contribution in [2.45, 2.75) is 26.4 Å². The maximum absolute atomic E-state index is 9.29. The molecule has 0 fully saturated rings. The molecule has 0 aliphatic rings. The molecule has 0 aromatic heterocycles. The van der Waals surface area contributed by atoms with Crippen LogP contribution in [0.2, 0.25) is 0 Å². The average Bonchev–Trinajstić information content (AvgIpc) is 2.08. The van der Waals surface area contributed by atoms with Crippen LogP contribution in [0.15, 0.2) is 24.3 Å². The van der Waals surface area contributed by atoms with Gasteiger partial charge in [-0.05, 0) is 37.0 Å². The molecule has 0 spiro atoms. The number of phenols is 1. The molecule has 0 saturated carbocycles.